The van der Waals surface area contributed by atoms with E-state index >= 15 is 0 Å². The van der Waals surface area contributed by atoms with Crippen molar-refractivity contribution in [1.29, 1.82) is 0 Å². The summed E-state index contributed by atoms with van der Waals surface area (Å²) in [7, 11) is -0.335. The molecule has 0 bridgehead atoms. The largest absolute Gasteiger partial charge is 0.469 e. The van der Waals surface area contributed by atoms with Crippen molar-refractivity contribution >= 4 is 19.2 Å². The second kappa shape index (κ2) is 7.60. The lowest BCUT2D eigenvalue weighted by atomic mass is 9.92. The molecule has 0 fully saturated rings. The van der Waals surface area contributed by atoms with Crippen LogP contribution in [0.1, 0.15) is 20.8 Å². The average Bonchev–Trinajstić information content (AvgIpc) is 2.47. The Morgan fingerprint density at radius 3 is 2.19 bits per heavy atom. The maximum absolute atomic E-state index is 12.3. The van der Waals surface area contributed by atoms with E-state index in [0.29, 0.717) is 0 Å². The summed E-state index contributed by atoms with van der Waals surface area (Å²) >= 11 is 0. The summed E-state index contributed by atoms with van der Waals surface area (Å²) < 4.78 is 5.08. The van der Waals surface area contributed by atoms with Crippen LogP contribution in [-0.2, 0) is 9.53 Å². The van der Waals surface area contributed by atoms with Gasteiger partial charge in [0.2, 0.25) is 0 Å². The molecule has 0 heterocycles. The Balaban J connectivity index is 3.30. The lowest BCUT2D eigenvalue weighted by molar-refractivity contribution is -0.146. The van der Waals surface area contributed by atoms with Crippen LogP contribution in [0, 0.1) is 11.8 Å². The molecule has 0 saturated carbocycles. The Morgan fingerprint density at radius 1 is 1.19 bits per heavy atom. The van der Waals surface area contributed by atoms with E-state index in [1.54, 1.807) is 0 Å². The summed E-state index contributed by atoms with van der Waals surface area (Å²) in [4.78, 5) is 12.3. The molecule has 21 heavy (non-hydrogen) atoms. The van der Waals surface area contributed by atoms with Crippen LogP contribution in [0.25, 0.3) is 0 Å². The van der Waals surface area contributed by atoms with E-state index in [9.17, 15) is 4.79 Å². The summed E-state index contributed by atoms with van der Waals surface area (Å²) in [6.45, 7) is 10.9. The van der Waals surface area contributed by atoms with E-state index in [0.717, 1.165) is 0 Å². The van der Waals surface area contributed by atoms with Crippen molar-refractivity contribution in [3.8, 4) is 0 Å². The normalized spacial score (nSPS) is 15.2. The summed E-state index contributed by atoms with van der Waals surface area (Å²) in [5.41, 5.74) is 0.234. The van der Waals surface area contributed by atoms with Crippen molar-refractivity contribution in [2.24, 2.45) is 11.8 Å². The molecule has 1 aromatic carbocycles. The first-order valence-corrected chi connectivity index (χ1v) is 10.7. The van der Waals surface area contributed by atoms with Gasteiger partial charge in [0.1, 0.15) is 0 Å². The molecule has 0 spiro atoms. The molecule has 0 aliphatic carbocycles. The van der Waals surface area contributed by atoms with Gasteiger partial charge >= 0.3 is 5.97 Å². The molecule has 0 aliphatic rings. The van der Waals surface area contributed by atoms with Crippen LogP contribution in [0.3, 0.4) is 0 Å². The summed E-state index contributed by atoms with van der Waals surface area (Å²) in [6, 6.07) is 10.6. The van der Waals surface area contributed by atoms with Crippen LogP contribution in [0.5, 0.6) is 0 Å². The molecule has 0 aliphatic heterocycles. The SMILES string of the molecule is C/C=C/[C@@H]([C@@H](C(=O)OC)C(C)C)[Si](C)(C)c1ccccc1. The first kappa shape index (κ1) is 17.7. The topological polar surface area (TPSA) is 26.3 Å². The Morgan fingerprint density at radius 2 is 1.76 bits per heavy atom. The number of allylic oxidation sites excluding steroid dienone is 2. The van der Waals surface area contributed by atoms with Crippen molar-refractivity contribution in [2.45, 2.75) is 39.4 Å². The van der Waals surface area contributed by atoms with Crippen LogP contribution >= 0.6 is 0 Å². The highest BCUT2D eigenvalue weighted by Crippen LogP contribution is 2.36. The number of carbonyl (C=O) groups is 1. The fraction of sp³-hybridized carbons (Fsp3) is 0.500. The second-order valence-electron chi connectivity index (χ2n) is 6.43. The molecular weight excluding hydrogens is 276 g/mol. The summed E-state index contributed by atoms with van der Waals surface area (Å²) in [5.74, 6) is 0.0758. The van der Waals surface area contributed by atoms with Gasteiger partial charge in [0, 0.05) is 0 Å². The van der Waals surface area contributed by atoms with Gasteiger partial charge in [-0.2, -0.15) is 0 Å². The zero-order chi connectivity index (χ0) is 16.0. The van der Waals surface area contributed by atoms with Crippen molar-refractivity contribution in [3.05, 3.63) is 42.5 Å². The van der Waals surface area contributed by atoms with Gasteiger partial charge in [-0.15, -0.1) is 0 Å². The molecule has 1 rings (SSSR count). The van der Waals surface area contributed by atoms with Crippen LogP contribution in [0.4, 0.5) is 0 Å². The molecule has 0 amide bonds. The minimum absolute atomic E-state index is 0.0897. The van der Waals surface area contributed by atoms with Gasteiger partial charge in [-0.3, -0.25) is 4.79 Å². The highest BCUT2D eigenvalue weighted by atomic mass is 28.3. The van der Waals surface area contributed by atoms with Gasteiger partial charge in [0.25, 0.3) is 0 Å². The number of esters is 1. The van der Waals surface area contributed by atoms with Gasteiger partial charge in [0.05, 0.1) is 21.1 Å². The molecule has 116 valence electrons. The van der Waals surface area contributed by atoms with Crippen LogP contribution in [-0.4, -0.2) is 21.2 Å². The highest BCUT2D eigenvalue weighted by molar-refractivity contribution is 6.91. The molecule has 2 atom stereocenters. The number of hydrogen-bond acceptors (Lipinski definition) is 2. The predicted octanol–water partition coefficient (Wildman–Crippen LogP) is 3.99. The number of hydrogen-bond donors (Lipinski definition) is 0. The van der Waals surface area contributed by atoms with Gasteiger partial charge in [0.15, 0.2) is 0 Å². The van der Waals surface area contributed by atoms with Crippen LogP contribution < -0.4 is 5.19 Å². The zero-order valence-electron chi connectivity index (χ0n) is 14.1. The van der Waals surface area contributed by atoms with E-state index in [2.05, 4.69) is 63.4 Å². The van der Waals surface area contributed by atoms with E-state index < -0.39 is 8.07 Å². The van der Waals surface area contributed by atoms with Crippen molar-refractivity contribution in [2.75, 3.05) is 7.11 Å². The molecular formula is C18H28O2Si. The maximum atomic E-state index is 12.3. The van der Waals surface area contributed by atoms with E-state index in [-0.39, 0.29) is 23.3 Å². The van der Waals surface area contributed by atoms with Gasteiger partial charge in [-0.1, -0.05) is 74.6 Å². The molecule has 0 unspecified atom stereocenters. The van der Waals surface area contributed by atoms with Crippen molar-refractivity contribution in [3.63, 3.8) is 0 Å². The number of benzene rings is 1. The van der Waals surface area contributed by atoms with Gasteiger partial charge in [-0.25, -0.2) is 0 Å². The van der Waals surface area contributed by atoms with E-state index in [1.165, 1.54) is 12.3 Å². The zero-order valence-corrected chi connectivity index (χ0v) is 15.1. The predicted molar refractivity (Wildman–Crippen MR) is 92.5 cm³/mol. The third-order valence-electron chi connectivity index (χ3n) is 4.33. The third kappa shape index (κ3) is 4.07. The minimum Gasteiger partial charge on any atom is -0.469 e. The van der Waals surface area contributed by atoms with Crippen molar-refractivity contribution < 1.29 is 9.53 Å². The highest BCUT2D eigenvalue weighted by Gasteiger charge is 2.42. The second-order valence-corrected chi connectivity index (χ2v) is 11.1. The third-order valence-corrected chi connectivity index (χ3v) is 8.37. The number of ether oxygens (including phenoxy) is 1. The standard InChI is InChI=1S/C18H28O2Si/c1-7-11-16(17(14(2)3)18(19)20-4)21(5,6)15-12-9-8-10-13-15/h7-14,16-17H,1-6H3/b11-7+/t16-,17-/m0/s1. The number of methoxy groups -OCH3 is 1. The fourth-order valence-corrected chi connectivity index (χ4v) is 6.58. The van der Waals surface area contributed by atoms with Crippen LogP contribution in [0.15, 0.2) is 42.5 Å². The Labute approximate surface area is 130 Å². The first-order valence-electron chi connectivity index (χ1n) is 7.62. The fourth-order valence-electron chi connectivity index (χ4n) is 3.05. The molecule has 1 aromatic rings. The maximum Gasteiger partial charge on any atom is 0.309 e. The summed E-state index contributed by atoms with van der Waals surface area (Å²) in [6.07, 6.45) is 4.28. The van der Waals surface area contributed by atoms with Crippen LogP contribution in [0.2, 0.25) is 18.6 Å². The van der Waals surface area contributed by atoms with Gasteiger partial charge < -0.3 is 4.74 Å². The van der Waals surface area contributed by atoms with E-state index in [4.69, 9.17) is 4.74 Å². The monoisotopic (exact) mass is 304 g/mol. The first-order chi connectivity index (χ1) is 9.86. The van der Waals surface area contributed by atoms with Crippen molar-refractivity contribution in [1.82, 2.24) is 0 Å². The summed E-state index contributed by atoms with van der Waals surface area (Å²) in [5, 5.41) is 1.38. The minimum atomic E-state index is -1.82. The Hall–Kier alpha value is -1.35. The smallest absolute Gasteiger partial charge is 0.309 e. The van der Waals surface area contributed by atoms with Gasteiger partial charge in [-0.05, 0) is 18.4 Å². The molecule has 0 N–H and O–H groups in total. The lowest BCUT2D eigenvalue weighted by Crippen LogP contribution is -2.50. The number of carbonyl (C=O) groups excluding carboxylic acids is 1. The Bertz CT molecular complexity index is 477. The molecule has 2 nitrogen and oxygen atoms in total. The molecule has 0 radical (unpaired) electrons. The quantitative estimate of drug-likeness (QED) is 0.451. The van der Waals surface area contributed by atoms with E-state index in [1.807, 2.05) is 13.0 Å². The Kier molecular flexibility index (Phi) is 6.40. The molecule has 0 aromatic heterocycles. The average molecular weight is 305 g/mol. The lowest BCUT2D eigenvalue weighted by Gasteiger charge is -2.37. The molecule has 0 saturated heterocycles. The molecule has 3 heteroatoms. The number of rotatable bonds is 6.